The van der Waals surface area contributed by atoms with Crippen LogP contribution in [0.1, 0.15) is 52.0 Å². The van der Waals surface area contributed by atoms with E-state index in [9.17, 15) is 4.79 Å². The van der Waals surface area contributed by atoms with Crippen molar-refractivity contribution in [3.05, 3.63) is 35.9 Å². The maximum Gasteiger partial charge on any atom is 0.323 e. The standard InChI is InChI=1S/C22H35NO4/c1-16(2)15-26-21-17(3)27-22(24)19(23)12-7-13-20(21)25-14-8-11-18-9-5-4-6-10-18/h4-6,9-10,16-17,19-21H,7-8,11-15,23H2,1-3H3/t17-,19-,20-,21-/m0/s1. The molecule has 1 aliphatic heterocycles. The van der Waals surface area contributed by atoms with Crippen LogP contribution in [0, 0.1) is 5.92 Å². The largest absolute Gasteiger partial charge is 0.459 e. The fourth-order valence-corrected chi connectivity index (χ4v) is 3.34. The lowest BCUT2D eigenvalue weighted by atomic mass is 10.0. The van der Waals surface area contributed by atoms with E-state index in [0.29, 0.717) is 25.6 Å². The van der Waals surface area contributed by atoms with E-state index in [0.717, 1.165) is 25.7 Å². The van der Waals surface area contributed by atoms with Gasteiger partial charge in [-0.05, 0) is 50.5 Å². The Labute approximate surface area is 163 Å². The predicted molar refractivity (Wildman–Crippen MR) is 106 cm³/mol. The molecule has 152 valence electrons. The molecule has 0 aromatic heterocycles. The lowest BCUT2D eigenvalue weighted by molar-refractivity contribution is -0.168. The van der Waals surface area contributed by atoms with Gasteiger partial charge in [0.25, 0.3) is 0 Å². The minimum Gasteiger partial charge on any atom is -0.459 e. The van der Waals surface area contributed by atoms with Crippen molar-refractivity contribution < 1.29 is 19.0 Å². The topological polar surface area (TPSA) is 70.8 Å². The van der Waals surface area contributed by atoms with Crippen molar-refractivity contribution in [3.63, 3.8) is 0 Å². The molecule has 2 rings (SSSR count). The first-order chi connectivity index (χ1) is 13.0. The number of carbonyl (C=O) groups is 1. The SMILES string of the molecule is CC(C)CO[C@H]1[C@H](C)OC(=O)[C@@H](N)CCC[C@@H]1OCCCc1ccccc1. The Morgan fingerprint density at radius 1 is 1.19 bits per heavy atom. The molecule has 2 N–H and O–H groups in total. The highest BCUT2D eigenvalue weighted by Crippen LogP contribution is 2.22. The third kappa shape index (κ3) is 7.60. The molecule has 0 unspecified atom stereocenters. The van der Waals surface area contributed by atoms with Crippen molar-refractivity contribution in [2.24, 2.45) is 11.7 Å². The van der Waals surface area contributed by atoms with Gasteiger partial charge >= 0.3 is 5.97 Å². The van der Waals surface area contributed by atoms with Gasteiger partial charge in [-0.1, -0.05) is 44.2 Å². The van der Waals surface area contributed by atoms with Gasteiger partial charge < -0.3 is 19.9 Å². The van der Waals surface area contributed by atoms with E-state index in [2.05, 4.69) is 38.1 Å². The molecular weight excluding hydrogens is 342 g/mol. The molecule has 0 saturated carbocycles. The molecular formula is C22H35NO4. The fourth-order valence-electron chi connectivity index (χ4n) is 3.34. The summed E-state index contributed by atoms with van der Waals surface area (Å²) in [5.74, 6) is 0.0619. The third-order valence-corrected chi connectivity index (χ3v) is 4.84. The van der Waals surface area contributed by atoms with E-state index in [4.69, 9.17) is 19.9 Å². The summed E-state index contributed by atoms with van der Waals surface area (Å²) in [6.07, 6.45) is 3.47. The normalized spacial score (nSPS) is 26.9. The van der Waals surface area contributed by atoms with Crippen molar-refractivity contribution in [1.29, 1.82) is 0 Å². The smallest absolute Gasteiger partial charge is 0.323 e. The number of ether oxygens (including phenoxy) is 3. The van der Waals surface area contributed by atoms with E-state index in [-0.39, 0.29) is 24.3 Å². The summed E-state index contributed by atoms with van der Waals surface area (Å²) in [6.45, 7) is 7.37. The summed E-state index contributed by atoms with van der Waals surface area (Å²) >= 11 is 0. The molecule has 5 nitrogen and oxygen atoms in total. The molecule has 1 heterocycles. The lowest BCUT2D eigenvalue weighted by Gasteiger charge is -2.31. The highest BCUT2D eigenvalue weighted by Gasteiger charge is 2.34. The Bertz CT molecular complexity index is 549. The number of cyclic esters (lactones) is 1. The van der Waals surface area contributed by atoms with Gasteiger partial charge in [-0.2, -0.15) is 0 Å². The number of nitrogens with two attached hydrogens (primary N) is 1. The van der Waals surface area contributed by atoms with Gasteiger partial charge in [0.1, 0.15) is 18.2 Å². The first kappa shape index (κ1) is 21.9. The summed E-state index contributed by atoms with van der Waals surface area (Å²) in [5.41, 5.74) is 7.24. The quantitative estimate of drug-likeness (QED) is 0.555. The van der Waals surface area contributed by atoms with E-state index in [1.807, 2.05) is 13.0 Å². The van der Waals surface area contributed by atoms with Crippen molar-refractivity contribution in [2.45, 2.75) is 77.2 Å². The van der Waals surface area contributed by atoms with Gasteiger partial charge in [0, 0.05) is 13.2 Å². The van der Waals surface area contributed by atoms with Crippen LogP contribution in [0.25, 0.3) is 0 Å². The molecule has 5 heteroatoms. The van der Waals surface area contributed by atoms with Crippen LogP contribution >= 0.6 is 0 Å². The molecule has 4 atom stereocenters. The predicted octanol–water partition coefficient (Wildman–Crippen LogP) is 3.49. The molecule has 1 aliphatic rings. The van der Waals surface area contributed by atoms with Crippen LogP contribution in [0.2, 0.25) is 0 Å². The summed E-state index contributed by atoms with van der Waals surface area (Å²) in [6, 6.07) is 9.86. The summed E-state index contributed by atoms with van der Waals surface area (Å²) in [4.78, 5) is 12.1. The van der Waals surface area contributed by atoms with Gasteiger partial charge in [0.05, 0.1) is 6.10 Å². The number of benzene rings is 1. The maximum atomic E-state index is 12.1. The second-order valence-electron chi connectivity index (χ2n) is 7.87. The van der Waals surface area contributed by atoms with Crippen molar-refractivity contribution in [3.8, 4) is 0 Å². The minimum absolute atomic E-state index is 0.0902. The fraction of sp³-hybridized carbons (Fsp3) is 0.682. The third-order valence-electron chi connectivity index (χ3n) is 4.84. The molecule has 0 radical (unpaired) electrons. The first-order valence-corrected chi connectivity index (χ1v) is 10.2. The van der Waals surface area contributed by atoms with Crippen LogP contribution in [0.15, 0.2) is 30.3 Å². The van der Waals surface area contributed by atoms with Gasteiger partial charge in [-0.25, -0.2) is 0 Å². The Hall–Kier alpha value is -1.43. The summed E-state index contributed by atoms with van der Waals surface area (Å²) < 4.78 is 17.9. The van der Waals surface area contributed by atoms with Gasteiger partial charge in [-0.3, -0.25) is 4.79 Å². The molecule has 1 fully saturated rings. The first-order valence-electron chi connectivity index (χ1n) is 10.2. The molecule has 0 aliphatic carbocycles. The second kappa shape index (κ2) is 11.4. The number of hydrogen-bond acceptors (Lipinski definition) is 5. The maximum absolute atomic E-state index is 12.1. The van der Waals surface area contributed by atoms with E-state index in [1.165, 1.54) is 5.56 Å². The van der Waals surface area contributed by atoms with E-state index < -0.39 is 6.04 Å². The Morgan fingerprint density at radius 2 is 1.93 bits per heavy atom. The van der Waals surface area contributed by atoms with Crippen molar-refractivity contribution >= 4 is 5.97 Å². The number of carbonyl (C=O) groups excluding carboxylic acids is 1. The lowest BCUT2D eigenvalue weighted by Crippen LogP contribution is -2.43. The van der Waals surface area contributed by atoms with E-state index >= 15 is 0 Å². The highest BCUT2D eigenvalue weighted by atomic mass is 16.6. The Balaban J connectivity index is 1.95. The van der Waals surface area contributed by atoms with Crippen LogP contribution in [0.3, 0.4) is 0 Å². The van der Waals surface area contributed by atoms with Crippen LogP contribution < -0.4 is 5.73 Å². The van der Waals surface area contributed by atoms with Gasteiger partial charge in [0.2, 0.25) is 0 Å². The molecule has 0 amide bonds. The Kier molecular flexibility index (Phi) is 9.25. The van der Waals surface area contributed by atoms with Crippen LogP contribution in [-0.4, -0.2) is 43.5 Å². The number of hydrogen-bond donors (Lipinski definition) is 1. The summed E-state index contributed by atoms with van der Waals surface area (Å²) in [5, 5.41) is 0. The van der Waals surface area contributed by atoms with Crippen molar-refractivity contribution in [1.82, 2.24) is 0 Å². The molecule has 0 spiro atoms. The van der Waals surface area contributed by atoms with Crippen molar-refractivity contribution in [2.75, 3.05) is 13.2 Å². The summed E-state index contributed by atoms with van der Waals surface area (Å²) in [7, 11) is 0. The zero-order valence-corrected chi connectivity index (χ0v) is 16.9. The zero-order valence-electron chi connectivity index (χ0n) is 16.9. The minimum atomic E-state index is -0.560. The van der Waals surface area contributed by atoms with Crippen LogP contribution in [0.5, 0.6) is 0 Å². The van der Waals surface area contributed by atoms with Crippen LogP contribution in [0.4, 0.5) is 0 Å². The molecule has 1 aromatic rings. The number of rotatable bonds is 8. The molecule has 0 bridgehead atoms. The monoisotopic (exact) mass is 377 g/mol. The number of aryl methyl sites for hydroxylation is 1. The number of esters is 1. The zero-order chi connectivity index (χ0) is 19.6. The van der Waals surface area contributed by atoms with Gasteiger partial charge in [-0.15, -0.1) is 0 Å². The Morgan fingerprint density at radius 3 is 2.63 bits per heavy atom. The van der Waals surface area contributed by atoms with Crippen LogP contribution in [-0.2, 0) is 25.4 Å². The second-order valence-corrected chi connectivity index (χ2v) is 7.87. The highest BCUT2D eigenvalue weighted by molar-refractivity contribution is 5.75. The average Bonchev–Trinajstić information content (AvgIpc) is 2.68. The van der Waals surface area contributed by atoms with E-state index in [1.54, 1.807) is 0 Å². The molecule has 27 heavy (non-hydrogen) atoms. The molecule has 1 saturated heterocycles. The molecule has 1 aromatic carbocycles. The average molecular weight is 378 g/mol. The van der Waals surface area contributed by atoms with Gasteiger partial charge in [0.15, 0.2) is 0 Å².